The van der Waals surface area contributed by atoms with Crippen molar-refractivity contribution in [3.05, 3.63) is 36.4 Å². The summed E-state index contributed by atoms with van der Waals surface area (Å²) in [6.45, 7) is 6.45. The van der Waals surface area contributed by atoms with Gasteiger partial charge >= 0.3 is 6.09 Å². The molecule has 2 aromatic carbocycles. The van der Waals surface area contributed by atoms with Gasteiger partial charge in [0.05, 0.1) is 18.5 Å². The predicted octanol–water partition coefficient (Wildman–Crippen LogP) is 6.38. The van der Waals surface area contributed by atoms with Gasteiger partial charge in [-0.05, 0) is 49.2 Å². The second-order valence-corrected chi connectivity index (χ2v) is 7.98. The lowest BCUT2D eigenvalue weighted by Gasteiger charge is -2.31. The van der Waals surface area contributed by atoms with Crippen molar-refractivity contribution in [2.24, 2.45) is 0 Å². The topological polar surface area (TPSA) is 53.0 Å². The van der Waals surface area contributed by atoms with Crippen LogP contribution in [0.25, 0.3) is 0 Å². The molecule has 1 aliphatic rings. The molecular weight excluding hydrogens is 372 g/mol. The third-order valence-corrected chi connectivity index (χ3v) is 6.03. The van der Waals surface area contributed by atoms with Crippen LogP contribution in [-0.2, 0) is 0 Å². The highest BCUT2D eigenvalue weighted by atomic mass is 32.2. The molecule has 6 heteroatoms. The maximum absolute atomic E-state index is 12.0. The molecule has 3 rings (SSSR count). The first-order chi connectivity index (χ1) is 13.6. The number of hydrogen-bond donors (Lipinski definition) is 1. The molecule has 0 bridgehead atoms. The van der Waals surface area contributed by atoms with Gasteiger partial charge < -0.3 is 14.7 Å². The average Bonchev–Trinajstić information content (AvgIpc) is 2.71. The second-order valence-electron chi connectivity index (χ2n) is 6.90. The van der Waals surface area contributed by atoms with E-state index < -0.39 is 6.09 Å². The zero-order chi connectivity index (χ0) is 20.1. The highest BCUT2D eigenvalue weighted by Gasteiger charge is 2.29. The van der Waals surface area contributed by atoms with Crippen LogP contribution in [-0.4, -0.2) is 31.4 Å². The minimum absolute atomic E-state index is 0.673. The number of benzene rings is 2. The number of amides is 1. The Morgan fingerprint density at radius 3 is 2.21 bits per heavy atom. The minimum atomic E-state index is -0.977. The van der Waals surface area contributed by atoms with Gasteiger partial charge in [-0.25, -0.2) is 9.69 Å². The summed E-state index contributed by atoms with van der Waals surface area (Å²) < 4.78 is 5.33. The summed E-state index contributed by atoms with van der Waals surface area (Å²) in [5.74, 6) is 0.726. The lowest BCUT2D eigenvalue weighted by atomic mass is 10.2. The quantitative estimate of drug-likeness (QED) is 0.557. The molecule has 0 saturated carbocycles. The van der Waals surface area contributed by atoms with Gasteiger partial charge in [0.2, 0.25) is 0 Å². The van der Waals surface area contributed by atoms with E-state index in [1.807, 2.05) is 12.1 Å². The minimum Gasteiger partial charge on any atom is -0.497 e. The summed E-state index contributed by atoms with van der Waals surface area (Å²) in [6, 6.07) is 11.6. The molecule has 0 spiro atoms. The monoisotopic (exact) mass is 400 g/mol. The van der Waals surface area contributed by atoms with Gasteiger partial charge in [-0.1, -0.05) is 38.5 Å². The van der Waals surface area contributed by atoms with E-state index in [0.29, 0.717) is 11.4 Å². The Bertz CT molecular complexity index is 833. The van der Waals surface area contributed by atoms with Gasteiger partial charge in [-0.3, -0.25) is 0 Å². The molecule has 0 aromatic heterocycles. The molecule has 1 heterocycles. The van der Waals surface area contributed by atoms with Crippen molar-refractivity contribution < 1.29 is 14.6 Å². The van der Waals surface area contributed by atoms with Crippen LogP contribution < -0.4 is 14.5 Å². The molecule has 1 amide bonds. The molecule has 1 aliphatic heterocycles. The van der Waals surface area contributed by atoms with Gasteiger partial charge in [-0.15, -0.1) is 0 Å². The predicted molar refractivity (Wildman–Crippen MR) is 116 cm³/mol. The summed E-state index contributed by atoms with van der Waals surface area (Å²) in [5, 5.41) is 9.84. The molecule has 5 nitrogen and oxygen atoms in total. The van der Waals surface area contributed by atoms with Crippen LogP contribution in [0.2, 0.25) is 0 Å². The Labute approximate surface area is 171 Å². The van der Waals surface area contributed by atoms with Crippen molar-refractivity contribution in [1.29, 1.82) is 0 Å². The van der Waals surface area contributed by atoms with Crippen LogP contribution in [0.5, 0.6) is 5.75 Å². The molecule has 1 N–H and O–H groups in total. The van der Waals surface area contributed by atoms with Crippen molar-refractivity contribution in [2.75, 3.05) is 30.0 Å². The number of hydrogen-bond acceptors (Lipinski definition) is 4. The smallest absolute Gasteiger partial charge is 0.416 e. The van der Waals surface area contributed by atoms with Gasteiger partial charge in [0, 0.05) is 28.6 Å². The largest absolute Gasteiger partial charge is 0.497 e. The Morgan fingerprint density at radius 2 is 1.64 bits per heavy atom. The number of unbranched alkanes of at least 4 members (excludes halogenated alkanes) is 2. The number of nitrogens with zero attached hydrogens (tertiary/aromatic N) is 2. The Hall–Kier alpha value is -2.34. The maximum atomic E-state index is 12.0. The number of methoxy groups -OCH3 is 1. The first kappa shape index (κ1) is 20.4. The Kier molecular flexibility index (Phi) is 6.73. The van der Waals surface area contributed by atoms with E-state index in [2.05, 4.69) is 30.9 Å². The van der Waals surface area contributed by atoms with Crippen molar-refractivity contribution in [3.63, 3.8) is 0 Å². The summed E-state index contributed by atoms with van der Waals surface area (Å²) in [6.07, 6.45) is 3.63. The standard InChI is InChI=1S/C22H28N2O3S/c1-4-6-12-23(13-7-5-2)16-8-10-18-20(14-16)28-21-15-17(27-3)9-11-19(21)24(18)22(25)26/h8-11,14-15H,4-7,12-13H2,1-3H3,(H,25,26). The summed E-state index contributed by atoms with van der Waals surface area (Å²) in [4.78, 5) is 17.6. The number of fused-ring (bicyclic) bond motifs is 2. The van der Waals surface area contributed by atoms with Crippen LogP contribution in [0, 0.1) is 0 Å². The number of carbonyl (C=O) groups is 1. The Morgan fingerprint density at radius 1 is 1.04 bits per heavy atom. The van der Waals surface area contributed by atoms with E-state index in [9.17, 15) is 9.90 Å². The molecule has 28 heavy (non-hydrogen) atoms. The van der Waals surface area contributed by atoms with E-state index in [-0.39, 0.29) is 0 Å². The van der Waals surface area contributed by atoms with Crippen LogP contribution >= 0.6 is 11.8 Å². The van der Waals surface area contributed by atoms with Crippen LogP contribution in [0.1, 0.15) is 39.5 Å². The van der Waals surface area contributed by atoms with E-state index in [0.717, 1.165) is 60.0 Å². The first-order valence-electron chi connectivity index (χ1n) is 9.87. The number of rotatable bonds is 8. The number of anilines is 3. The van der Waals surface area contributed by atoms with E-state index in [1.54, 1.807) is 31.0 Å². The SMILES string of the molecule is CCCCN(CCCC)c1ccc2c(c1)Sc1cc(OC)ccc1N2C(=O)O. The third kappa shape index (κ3) is 4.22. The molecule has 0 atom stereocenters. The van der Waals surface area contributed by atoms with E-state index in [4.69, 9.17) is 4.74 Å². The van der Waals surface area contributed by atoms with Gasteiger partial charge in [0.25, 0.3) is 0 Å². The van der Waals surface area contributed by atoms with E-state index in [1.165, 1.54) is 4.90 Å². The molecule has 0 unspecified atom stereocenters. The summed E-state index contributed by atoms with van der Waals surface area (Å²) in [5.41, 5.74) is 2.54. The highest BCUT2D eigenvalue weighted by Crippen LogP contribution is 2.50. The van der Waals surface area contributed by atoms with Crippen molar-refractivity contribution >= 4 is 34.9 Å². The first-order valence-corrected chi connectivity index (χ1v) is 10.7. The van der Waals surface area contributed by atoms with Crippen LogP contribution in [0.4, 0.5) is 21.9 Å². The lowest BCUT2D eigenvalue weighted by molar-refractivity contribution is 0.204. The van der Waals surface area contributed by atoms with Crippen molar-refractivity contribution in [3.8, 4) is 5.75 Å². The van der Waals surface area contributed by atoms with Gasteiger partial charge in [-0.2, -0.15) is 0 Å². The molecule has 150 valence electrons. The average molecular weight is 401 g/mol. The molecular formula is C22H28N2O3S. The molecule has 0 aliphatic carbocycles. The zero-order valence-corrected chi connectivity index (χ0v) is 17.6. The molecule has 0 radical (unpaired) electrons. The fourth-order valence-electron chi connectivity index (χ4n) is 3.38. The third-order valence-electron chi connectivity index (χ3n) is 4.93. The van der Waals surface area contributed by atoms with E-state index >= 15 is 0 Å². The Balaban J connectivity index is 1.99. The van der Waals surface area contributed by atoms with Crippen LogP contribution in [0.15, 0.2) is 46.2 Å². The fourth-order valence-corrected chi connectivity index (χ4v) is 4.50. The molecule has 0 fully saturated rings. The molecule has 2 aromatic rings. The summed E-state index contributed by atoms with van der Waals surface area (Å²) in [7, 11) is 1.62. The van der Waals surface area contributed by atoms with Gasteiger partial charge in [0.15, 0.2) is 0 Å². The fraction of sp³-hybridized carbons (Fsp3) is 0.409. The lowest BCUT2D eigenvalue weighted by Crippen LogP contribution is -2.28. The second kappa shape index (κ2) is 9.24. The van der Waals surface area contributed by atoms with Crippen LogP contribution in [0.3, 0.4) is 0 Å². The van der Waals surface area contributed by atoms with Gasteiger partial charge in [0.1, 0.15) is 5.75 Å². The summed E-state index contributed by atoms with van der Waals surface area (Å²) >= 11 is 1.60. The number of ether oxygens (including phenoxy) is 1. The van der Waals surface area contributed by atoms with Crippen molar-refractivity contribution in [1.82, 2.24) is 0 Å². The maximum Gasteiger partial charge on any atom is 0.416 e. The van der Waals surface area contributed by atoms with Crippen molar-refractivity contribution in [2.45, 2.75) is 49.3 Å². The molecule has 0 saturated heterocycles. The normalized spacial score (nSPS) is 12.3. The zero-order valence-electron chi connectivity index (χ0n) is 16.8. The highest BCUT2D eigenvalue weighted by molar-refractivity contribution is 7.99. The number of carboxylic acid groups (broad SMARTS) is 1.